The van der Waals surface area contributed by atoms with Crippen LogP contribution in [0.1, 0.15) is 32.6 Å². The van der Waals surface area contributed by atoms with Crippen LogP contribution in [0.5, 0.6) is 0 Å². The summed E-state index contributed by atoms with van der Waals surface area (Å²) in [5, 5.41) is 11.2. The van der Waals surface area contributed by atoms with Crippen molar-refractivity contribution in [1.82, 2.24) is 19.7 Å². The summed E-state index contributed by atoms with van der Waals surface area (Å²) < 4.78 is 8.13. The van der Waals surface area contributed by atoms with Crippen molar-refractivity contribution in [1.29, 1.82) is 0 Å². The van der Waals surface area contributed by atoms with E-state index in [2.05, 4.69) is 44.9 Å². The van der Waals surface area contributed by atoms with Gasteiger partial charge in [-0.15, -0.1) is 10.2 Å². The lowest BCUT2D eigenvalue weighted by molar-refractivity contribution is 0.0953. The first-order valence-corrected chi connectivity index (χ1v) is 10.1. The zero-order valence-electron chi connectivity index (χ0n) is 14.6. The fourth-order valence-electron chi connectivity index (χ4n) is 3.32. The highest BCUT2D eigenvalue weighted by Gasteiger charge is 2.22. The molecule has 1 saturated heterocycles. The van der Waals surface area contributed by atoms with Crippen molar-refractivity contribution in [2.75, 3.05) is 12.4 Å². The molecule has 0 radical (unpaired) electrons. The number of nitrogens with one attached hydrogen (secondary N) is 1. The Morgan fingerprint density at radius 1 is 1.32 bits per heavy atom. The third-order valence-corrected chi connectivity index (χ3v) is 5.74. The van der Waals surface area contributed by atoms with Gasteiger partial charge in [-0.1, -0.05) is 43.3 Å². The van der Waals surface area contributed by atoms with Crippen LogP contribution >= 0.6 is 11.8 Å². The number of unbranched alkanes of at least 4 members (excludes halogenated alkanes) is 1. The summed E-state index contributed by atoms with van der Waals surface area (Å²) in [6, 6.07) is 8.34. The summed E-state index contributed by atoms with van der Waals surface area (Å²) in [4.78, 5) is 3.35. The first-order valence-electron chi connectivity index (χ1n) is 9.11. The molecule has 5 nitrogen and oxygen atoms in total. The highest BCUT2D eigenvalue weighted by atomic mass is 32.2. The van der Waals surface area contributed by atoms with Crippen molar-refractivity contribution in [3.63, 3.8) is 0 Å². The predicted octanol–water partition coefficient (Wildman–Crippen LogP) is 4.50. The molecule has 6 heteroatoms. The van der Waals surface area contributed by atoms with Gasteiger partial charge >= 0.3 is 0 Å². The van der Waals surface area contributed by atoms with Crippen molar-refractivity contribution < 1.29 is 4.74 Å². The van der Waals surface area contributed by atoms with Crippen molar-refractivity contribution in [3.8, 4) is 11.4 Å². The van der Waals surface area contributed by atoms with E-state index >= 15 is 0 Å². The van der Waals surface area contributed by atoms with Gasteiger partial charge in [-0.2, -0.15) is 0 Å². The largest absolute Gasteiger partial charge is 0.376 e. The molecule has 1 atom stereocenters. The molecule has 0 amide bonds. The molecular formula is C19H24N4OS. The van der Waals surface area contributed by atoms with E-state index in [0.29, 0.717) is 0 Å². The van der Waals surface area contributed by atoms with Gasteiger partial charge in [-0.25, -0.2) is 0 Å². The number of hydrogen-bond acceptors (Lipinski definition) is 4. The normalized spacial score (nSPS) is 17.6. The zero-order chi connectivity index (χ0) is 17.1. The fourth-order valence-corrected chi connectivity index (χ4v) is 4.35. The van der Waals surface area contributed by atoms with Crippen LogP contribution in [-0.4, -0.2) is 38.2 Å². The van der Waals surface area contributed by atoms with Crippen LogP contribution in [0.15, 0.2) is 35.6 Å². The molecule has 1 aliphatic rings. The number of hydrogen-bond donors (Lipinski definition) is 1. The molecule has 3 heterocycles. The van der Waals surface area contributed by atoms with Gasteiger partial charge in [0.15, 0.2) is 11.0 Å². The highest BCUT2D eigenvalue weighted by Crippen LogP contribution is 2.31. The van der Waals surface area contributed by atoms with Gasteiger partial charge in [0, 0.05) is 35.0 Å². The number of benzene rings is 1. The molecule has 3 aromatic rings. The molecule has 0 spiro atoms. The second-order valence-corrected chi connectivity index (χ2v) is 7.56. The lowest BCUT2D eigenvalue weighted by atomic mass is 10.1. The van der Waals surface area contributed by atoms with Gasteiger partial charge in [0.25, 0.3) is 0 Å². The van der Waals surface area contributed by atoms with Crippen LogP contribution in [0, 0.1) is 0 Å². The standard InChI is InChI=1S/C19H24N4OS/c1-2-3-11-25-19-22-21-18(23(19)13-14-7-6-10-24-14)16-12-20-17-9-5-4-8-15(16)17/h4-5,8-9,12,14,20H,2-3,6-7,10-11,13H2,1H3. The monoisotopic (exact) mass is 356 g/mol. The Labute approximate surface area is 152 Å². The maximum absolute atomic E-state index is 5.87. The molecule has 0 bridgehead atoms. The Kier molecular flexibility index (Phi) is 5.08. The average Bonchev–Trinajstić information content (AvgIpc) is 3.36. The SMILES string of the molecule is CCCCSc1nnc(-c2c[nH]c3ccccc23)n1CC1CCCO1. The zero-order valence-corrected chi connectivity index (χ0v) is 15.4. The van der Waals surface area contributed by atoms with E-state index in [1.54, 1.807) is 11.8 Å². The molecule has 4 rings (SSSR count). The van der Waals surface area contributed by atoms with E-state index < -0.39 is 0 Å². The Morgan fingerprint density at radius 2 is 2.24 bits per heavy atom. The third-order valence-electron chi connectivity index (χ3n) is 4.69. The van der Waals surface area contributed by atoms with Gasteiger partial charge in [0.05, 0.1) is 12.6 Å². The topological polar surface area (TPSA) is 55.7 Å². The maximum atomic E-state index is 5.87. The molecular weight excluding hydrogens is 332 g/mol. The summed E-state index contributed by atoms with van der Waals surface area (Å²) >= 11 is 1.80. The first kappa shape index (κ1) is 16.7. The lowest BCUT2D eigenvalue weighted by Gasteiger charge is -2.14. The van der Waals surface area contributed by atoms with E-state index in [4.69, 9.17) is 4.74 Å². The maximum Gasteiger partial charge on any atom is 0.191 e. The van der Waals surface area contributed by atoms with Crippen molar-refractivity contribution in [2.24, 2.45) is 0 Å². The minimum atomic E-state index is 0.269. The number of nitrogens with zero attached hydrogens (tertiary/aromatic N) is 3. The predicted molar refractivity (Wildman–Crippen MR) is 102 cm³/mol. The average molecular weight is 356 g/mol. The quantitative estimate of drug-likeness (QED) is 0.500. The summed E-state index contributed by atoms with van der Waals surface area (Å²) in [6.07, 6.45) is 6.96. The molecule has 1 aliphatic heterocycles. The first-order chi connectivity index (χ1) is 12.4. The van der Waals surface area contributed by atoms with Gasteiger partial charge in [0.1, 0.15) is 0 Å². The smallest absolute Gasteiger partial charge is 0.191 e. The molecule has 25 heavy (non-hydrogen) atoms. The number of ether oxygens (including phenoxy) is 1. The molecule has 0 saturated carbocycles. The number of thioether (sulfide) groups is 1. The van der Waals surface area contributed by atoms with Gasteiger partial charge < -0.3 is 9.72 Å². The summed E-state index contributed by atoms with van der Waals surface area (Å²) in [7, 11) is 0. The van der Waals surface area contributed by atoms with E-state index in [9.17, 15) is 0 Å². The summed E-state index contributed by atoms with van der Waals surface area (Å²) in [5.41, 5.74) is 2.24. The van der Waals surface area contributed by atoms with Crippen molar-refractivity contribution in [3.05, 3.63) is 30.5 Å². The van der Waals surface area contributed by atoms with Gasteiger partial charge in [-0.05, 0) is 25.3 Å². The highest BCUT2D eigenvalue weighted by molar-refractivity contribution is 7.99. The van der Waals surface area contributed by atoms with E-state index in [1.807, 2.05) is 12.3 Å². The molecule has 2 aromatic heterocycles. The molecule has 1 N–H and O–H groups in total. The Balaban J connectivity index is 1.70. The van der Waals surface area contributed by atoms with Crippen LogP contribution in [0.2, 0.25) is 0 Å². The molecule has 1 unspecified atom stereocenters. The Hall–Kier alpha value is -1.79. The minimum absolute atomic E-state index is 0.269. The van der Waals surface area contributed by atoms with E-state index in [-0.39, 0.29) is 6.10 Å². The molecule has 132 valence electrons. The van der Waals surface area contributed by atoms with Crippen molar-refractivity contribution in [2.45, 2.75) is 50.4 Å². The van der Waals surface area contributed by atoms with Crippen LogP contribution in [0.3, 0.4) is 0 Å². The minimum Gasteiger partial charge on any atom is -0.376 e. The van der Waals surface area contributed by atoms with Crippen molar-refractivity contribution >= 4 is 22.7 Å². The third kappa shape index (κ3) is 3.46. The Bertz CT molecular complexity index is 835. The second kappa shape index (κ2) is 7.62. The fraction of sp³-hybridized carbons (Fsp3) is 0.474. The van der Waals surface area contributed by atoms with Gasteiger partial charge in [-0.3, -0.25) is 4.57 Å². The number of fused-ring (bicyclic) bond motifs is 1. The van der Waals surface area contributed by atoms with Gasteiger partial charge in [0.2, 0.25) is 0 Å². The van der Waals surface area contributed by atoms with Crippen LogP contribution < -0.4 is 0 Å². The van der Waals surface area contributed by atoms with Crippen LogP contribution in [-0.2, 0) is 11.3 Å². The lowest BCUT2D eigenvalue weighted by Crippen LogP contribution is -2.16. The van der Waals surface area contributed by atoms with Crippen LogP contribution in [0.4, 0.5) is 0 Å². The van der Waals surface area contributed by atoms with E-state index in [0.717, 1.165) is 53.8 Å². The molecule has 0 aliphatic carbocycles. The number of aromatic amines is 1. The number of aromatic nitrogens is 4. The Morgan fingerprint density at radius 3 is 3.08 bits per heavy atom. The van der Waals surface area contributed by atoms with E-state index in [1.165, 1.54) is 18.2 Å². The molecule has 1 aromatic carbocycles. The molecule has 1 fully saturated rings. The number of para-hydroxylation sites is 1. The van der Waals surface area contributed by atoms with Crippen LogP contribution in [0.25, 0.3) is 22.3 Å². The number of H-pyrrole nitrogens is 1. The summed E-state index contributed by atoms with van der Waals surface area (Å²) in [5.74, 6) is 2.01. The summed E-state index contributed by atoms with van der Waals surface area (Å²) in [6.45, 7) is 3.92. The number of rotatable bonds is 7. The second-order valence-electron chi connectivity index (χ2n) is 6.50.